The lowest BCUT2D eigenvalue weighted by Crippen LogP contribution is -2.48. The van der Waals surface area contributed by atoms with E-state index in [0.29, 0.717) is 55.8 Å². The topological polar surface area (TPSA) is 79.5 Å². The zero-order chi connectivity index (χ0) is 17.9. The van der Waals surface area contributed by atoms with Crippen LogP contribution in [0.25, 0.3) is 0 Å². The summed E-state index contributed by atoms with van der Waals surface area (Å²) in [7, 11) is -3.44. The molecule has 0 saturated carbocycles. The SMILES string of the molecule is CCc1nc(CN2CCN(S(=O)(=O)c3ccccc3CC)CC2)no1. The van der Waals surface area contributed by atoms with Gasteiger partial charge in [0.25, 0.3) is 0 Å². The number of nitrogens with zero attached hydrogens (tertiary/aromatic N) is 4. The van der Waals surface area contributed by atoms with Crippen LogP contribution in [0.3, 0.4) is 0 Å². The monoisotopic (exact) mass is 364 g/mol. The zero-order valence-electron chi connectivity index (χ0n) is 14.7. The van der Waals surface area contributed by atoms with Gasteiger partial charge in [0.2, 0.25) is 15.9 Å². The number of hydrogen-bond donors (Lipinski definition) is 0. The first-order chi connectivity index (χ1) is 12.0. The quantitative estimate of drug-likeness (QED) is 0.776. The van der Waals surface area contributed by atoms with Gasteiger partial charge in [0.1, 0.15) is 0 Å². The van der Waals surface area contributed by atoms with E-state index in [4.69, 9.17) is 4.52 Å². The van der Waals surface area contributed by atoms with Gasteiger partial charge in [-0.3, -0.25) is 4.90 Å². The second kappa shape index (κ2) is 7.63. The van der Waals surface area contributed by atoms with Crippen molar-refractivity contribution in [1.29, 1.82) is 0 Å². The van der Waals surface area contributed by atoms with Crippen LogP contribution in [-0.2, 0) is 29.4 Å². The van der Waals surface area contributed by atoms with Gasteiger partial charge < -0.3 is 4.52 Å². The van der Waals surface area contributed by atoms with E-state index in [0.717, 1.165) is 12.0 Å². The van der Waals surface area contributed by atoms with Crippen LogP contribution in [0, 0.1) is 0 Å². The summed E-state index contributed by atoms with van der Waals surface area (Å²) < 4.78 is 32.6. The molecule has 8 heteroatoms. The number of benzene rings is 1. The highest BCUT2D eigenvalue weighted by Crippen LogP contribution is 2.22. The van der Waals surface area contributed by atoms with Gasteiger partial charge in [0.15, 0.2) is 5.82 Å². The van der Waals surface area contributed by atoms with Crippen LogP contribution in [-0.4, -0.2) is 53.9 Å². The summed E-state index contributed by atoms with van der Waals surface area (Å²) in [6, 6.07) is 7.24. The zero-order valence-corrected chi connectivity index (χ0v) is 15.5. The Bertz CT molecular complexity index is 811. The van der Waals surface area contributed by atoms with E-state index in [1.54, 1.807) is 16.4 Å². The summed E-state index contributed by atoms with van der Waals surface area (Å²) in [5.74, 6) is 1.29. The molecule has 136 valence electrons. The predicted octanol–water partition coefficient (Wildman–Crippen LogP) is 1.70. The van der Waals surface area contributed by atoms with Gasteiger partial charge >= 0.3 is 0 Å². The molecule has 0 radical (unpaired) electrons. The smallest absolute Gasteiger partial charge is 0.243 e. The normalized spacial score (nSPS) is 17.0. The Balaban J connectivity index is 1.65. The highest BCUT2D eigenvalue weighted by molar-refractivity contribution is 7.89. The summed E-state index contributed by atoms with van der Waals surface area (Å²) in [5.41, 5.74) is 0.865. The molecular formula is C17H24N4O3S. The molecule has 1 aromatic carbocycles. The summed E-state index contributed by atoms with van der Waals surface area (Å²) >= 11 is 0. The molecular weight excluding hydrogens is 340 g/mol. The van der Waals surface area contributed by atoms with Crippen molar-refractivity contribution in [3.63, 3.8) is 0 Å². The van der Waals surface area contributed by atoms with Crippen molar-refractivity contribution in [2.24, 2.45) is 0 Å². The minimum Gasteiger partial charge on any atom is -0.339 e. The van der Waals surface area contributed by atoms with E-state index in [-0.39, 0.29) is 0 Å². The number of sulfonamides is 1. The maximum atomic E-state index is 12.9. The second-order valence-corrected chi connectivity index (χ2v) is 8.01. The lowest BCUT2D eigenvalue weighted by molar-refractivity contribution is 0.176. The molecule has 0 bridgehead atoms. The fourth-order valence-electron chi connectivity index (χ4n) is 3.01. The van der Waals surface area contributed by atoms with Crippen LogP contribution in [0.15, 0.2) is 33.7 Å². The summed E-state index contributed by atoms with van der Waals surface area (Å²) in [4.78, 5) is 6.89. The van der Waals surface area contributed by atoms with Gasteiger partial charge in [-0.2, -0.15) is 9.29 Å². The minimum absolute atomic E-state index is 0.428. The van der Waals surface area contributed by atoms with Gasteiger partial charge in [-0.05, 0) is 18.1 Å². The Morgan fingerprint density at radius 2 is 1.80 bits per heavy atom. The molecule has 0 unspecified atom stereocenters. The van der Waals surface area contributed by atoms with Gasteiger partial charge in [-0.15, -0.1) is 0 Å². The average molecular weight is 364 g/mol. The van der Waals surface area contributed by atoms with Gasteiger partial charge in [0.05, 0.1) is 11.4 Å². The third kappa shape index (κ3) is 3.91. The summed E-state index contributed by atoms with van der Waals surface area (Å²) in [5, 5.41) is 3.96. The Morgan fingerprint density at radius 1 is 1.08 bits per heavy atom. The third-order valence-electron chi connectivity index (χ3n) is 4.48. The van der Waals surface area contributed by atoms with E-state index in [9.17, 15) is 8.42 Å². The number of rotatable bonds is 6. The Morgan fingerprint density at radius 3 is 2.44 bits per heavy atom. The lowest BCUT2D eigenvalue weighted by Gasteiger charge is -2.33. The van der Waals surface area contributed by atoms with Gasteiger partial charge in [-0.25, -0.2) is 8.42 Å². The van der Waals surface area contributed by atoms with Crippen molar-refractivity contribution in [3.8, 4) is 0 Å². The molecule has 0 spiro atoms. The first kappa shape index (κ1) is 18.0. The van der Waals surface area contributed by atoms with Crippen LogP contribution >= 0.6 is 0 Å². The number of piperazine rings is 1. The fourth-order valence-corrected chi connectivity index (χ4v) is 4.73. The van der Waals surface area contributed by atoms with Crippen molar-refractivity contribution in [2.75, 3.05) is 26.2 Å². The maximum absolute atomic E-state index is 12.9. The van der Waals surface area contributed by atoms with Crippen LogP contribution in [0.5, 0.6) is 0 Å². The van der Waals surface area contributed by atoms with Crippen LogP contribution in [0.2, 0.25) is 0 Å². The Labute approximate surface area is 148 Å². The van der Waals surface area contributed by atoms with Crippen LogP contribution in [0.1, 0.15) is 31.1 Å². The standard InChI is InChI=1S/C17H24N4O3S/c1-3-14-7-5-6-8-15(14)25(22,23)21-11-9-20(10-12-21)13-16-18-17(4-2)24-19-16/h5-8H,3-4,9-13H2,1-2H3. The molecule has 2 aromatic rings. The van der Waals surface area contributed by atoms with E-state index >= 15 is 0 Å². The van der Waals surface area contributed by atoms with Crippen molar-refractivity contribution in [3.05, 3.63) is 41.5 Å². The Hall–Kier alpha value is -1.77. The largest absolute Gasteiger partial charge is 0.339 e. The molecule has 0 amide bonds. The average Bonchev–Trinajstić information content (AvgIpc) is 3.09. The van der Waals surface area contributed by atoms with Crippen molar-refractivity contribution < 1.29 is 12.9 Å². The first-order valence-electron chi connectivity index (χ1n) is 8.66. The third-order valence-corrected chi connectivity index (χ3v) is 6.48. The van der Waals surface area contributed by atoms with Gasteiger partial charge in [0, 0.05) is 32.6 Å². The molecule has 1 aliphatic rings. The summed E-state index contributed by atoms with van der Waals surface area (Å²) in [6.45, 7) is 6.78. The molecule has 3 rings (SSSR count). The first-order valence-corrected chi connectivity index (χ1v) is 10.1. The van der Waals surface area contributed by atoms with E-state index in [1.807, 2.05) is 26.0 Å². The lowest BCUT2D eigenvalue weighted by atomic mass is 10.2. The molecule has 1 aromatic heterocycles. The highest BCUT2D eigenvalue weighted by Gasteiger charge is 2.30. The molecule has 0 N–H and O–H groups in total. The molecule has 1 aliphatic heterocycles. The molecule has 25 heavy (non-hydrogen) atoms. The predicted molar refractivity (Wildman–Crippen MR) is 93.5 cm³/mol. The molecule has 1 fully saturated rings. The highest BCUT2D eigenvalue weighted by atomic mass is 32.2. The van der Waals surface area contributed by atoms with E-state index in [2.05, 4.69) is 15.0 Å². The second-order valence-electron chi connectivity index (χ2n) is 6.10. The van der Waals surface area contributed by atoms with Crippen molar-refractivity contribution in [2.45, 2.75) is 38.1 Å². The number of hydrogen-bond acceptors (Lipinski definition) is 6. The van der Waals surface area contributed by atoms with Crippen molar-refractivity contribution in [1.82, 2.24) is 19.3 Å². The van der Waals surface area contributed by atoms with Crippen LogP contribution < -0.4 is 0 Å². The molecule has 1 saturated heterocycles. The summed E-state index contributed by atoms with van der Waals surface area (Å²) in [6.07, 6.45) is 1.42. The molecule has 2 heterocycles. The number of aromatic nitrogens is 2. The molecule has 7 nitrogen and oxygen atoms in total. The van der Waals surface area contributed by atoms with Gasteiger partial charge in [-0.1, -0.05) is 37.2 Å². The molecule has 0 aliphatic carbocycles. The van der Waals surface area contributed by atoms with Crippen LogP contribution in [0.4, 0.5) is 0 Å². The van der Waals surface area contributed by atoms with E-state index in [1.165, 1.54) is 0 Å². The fraction of sp³-hybridized carbons (Fsp3) is 0.529. The molecule has 0 atom stereocenters. The maximum Gasteiger partial charge on any atom is 0.243 e. The van der Waals surface area contributed by atoms with Crippen molar-refractivity contribution >= 4 is 10.0 Å². The Kier molecular flexibility index (Phi) is 5.51. The minimum atomic E-state index is -3.44. The number of aryl methyl sites for hydroxylation is 2. The van der Waals surface area contributed by atoms with E-state index < -0.39 is 10.0 Å².